The van der Waals surface area contributed by atoms with Crippen molar-refractivity contribution < 1.29 is 23.9 Å². The largest absolute Gasteiger partial charge is 0.439 e. The number of nitrogens with zero attached hydrogens (tertiary/aromatic N) is 2. The van der Waals surface area contributed by atoms with Crippen LogP contribution in [0.15, 0.2) is 42.6 Å². The molecule has 0 bridgehead atoms. The number of ether oxygens (including phenoxy) is 1. The Labute approximate surface area is 172 Å². The van der Waals surface area contributed by atoms with Crippen molar-refractivity contribution in [1.29, 1.82) is 0 Å². The van der Waals surface area contributed by atoms with Gasteiger partial charge in [0.25, 0.3) is 11.8 Å². The molecule has 2 aliphatic heterocycles. The number of hydrogen-bond donors (Lipinski definition) is 2. The van der Waals surface area contributed by atoms with Crippen LogP contribution in [0.5, 0.6) is 11.6 Å². The second-order valence-electron chi connectivity index (χ2n) is 7.13. The van der Waals surface area contributed by atoms with E-state index < -0.39 is 29.3 Å². The average molecular weight is 408 g/mol. The quantitative estimate of drug-likeness (QED) is 0.748. The SMILES string of the molecule is CCc1ccc(Oc2ccc(N3C(=O)CCCC34C(=O)NC(=O)NC4=O)cn2)cc1. The van der Waals surface area contributed by atoms with E-state index in [9.17, 15) is 19.2 Å². The molecule has 2 fully saturated rings. The molecule has 2 aliphatic rings. The number of aryl methyl sites for hydroxylation is 1. The van der Waals surface area contributed by atoms with E-state index in [0.29, 0.717) is 18.1 Å². The lowest BCUT2D eigenvalue weighted by atomic mass is 9.82. The van der Waals surface area contributed by atoms with Gasteiger partial charge in [0.2, 0.25) is 17.3 Å². The molecule has 3 heterocycles. The number of pyridine rings is 1. The van der Waals surface area contributed by atoms with Crippen LogP contribution in [0.3, 0.4) is 0 Å². The molecule has 2 aromatic rings. The highest BCUT2D eigenvalue weighted by molar-refractivity contribution is 6.27. The van der Waals surface area contributed by atoms with E-state index in [-0.39, 0.29) is 18.5 Å². The van der Waals surface area contributed by atoms with Gasteiger partial charge >= 0.3 is 6.03 Å². The van der Waals surface area contributed by atoms with E-state index >= 15 is 0 Å². The molecule has 2 N–H and O–H groups in total. The van der Waals surface area contributed by atoms with Crippen molar-refractivity contribution in [1.82, 2.24) is 15.6 Å². The Hall–Kier alpha value is -3.75. The summed E-state index contributed by atoms with van der Waals surface area (Å²) in [5, 5.41) is 4.19. The first-order valence-electron chi connectivity index (χ1n) is 9.67. The van der Waals surface area contributed by atoms with Gasteiger partial charge in [0.1, 0.15) is 5.75 Å². The summed E-state index contributed by atoms with van der Waals surface area (Å²) in [6.45, 7) is 2.06. The van der Waals surface area contributed by atoms with Crippen LogP contribution in [0.4, 0.5) is 10.5 Å². The molecule has 9 heteroatoms. The maximum Gasteiger partial charge on any atom is 0.328 e. The topological polar surface area (TPSA) is 118 Å². The molecular weight excluding hydrogens is 388 g/mol. The van der Waals surface area contributed by atoms with Crippen molar-refractivity contribution in [2.45, 2.75) is 38.1 Å². The van der Waals surface area contributed by atoms with Crippen molar-refractivity contribution in [2.75, 3.05) is 4.90 Å². The maximum atomic E-state index is 12.7. The van der Waals surface area contributed by atoms with Gasteiger partial charge in [-0.1, -0.05) is 19.1 Å². The van der Waals surface area contributed by atoms with Crippen molar-refractivity contribution >= 4 is 29.4 Å². The lowest BCUT2D eigenvalue weighted by molar-refractivity contribution is -0.143. The van der Waals surface area contributed by atoms with Crippen LogP contribution in [-0.4, -0.2) is 34.3 Å². The number of benzene rings is 1. The zero-order chi connectivity index (χ0) is 21.3. The molecule has 0 atom stereocenters. The minimum atomic E-state index is -1.82. The number of nitrogens with one attached hydrogen (secondary N) is 2. The number of aromatic nitrogens is 1. The van der Waals surface area contributed by atoms with Gasteiger partial charge in [-0.3, -0.25) is 29.9 Å². The number of carbonyl (C=O) groups excluding carboxylic acids is 4. The number of imide groups is 2. The third-order valence-electron chi connectivity index (χ3n) is 5.30. The van der Waals surface area contributed by atoms with Crippen LogP contribution in [0.25, 0.3) is 0 Å². The number of anilines is 1. The molecular formula is C21H20N4O5. The second kappa shape index (κ2) is 7.58. The van der Waals surface area contributed by atoms with Crippen LogP contribution < -0.4 is 20.3 Å². The summed E-state index contributed by atoms with van der Waals surface area (Å²) in [5.41, 5.74) is -0.362. The van der Waals surface area contributed by atoms with E-state index in [1.54, 1.807) is 12.1 Å². The van der Waals surface area contributed by atoms with Crippen LogP contribution in [0.2, 0.25) is 0 Å². The fourth-order valence-electron chi connectivity index (χ4n) is 3.75. The Morgan fingerprint density at radius 1 is 1.03 bits per heavy atom. The standard InChI is InChI=1S/C21H20N4O5/c1-2-13-5-8-15(9-6-13)30-16-10-7-14(12-22-16)25-17(26)4-3-11-21(25)18(27)23-20(29)24-19(21)28/h5-10,12H,2-4,11H2,1H3,(H2,23,24,27,28,29). The molecule has 0 unspecified atom stereocenters. The third kappa shape index (κ3) is 3.28. The normalized spacial score (nSPS) is 18.2. The van der Waals surface area contributed by atoms with Gasteiger partial charge in [0.05, 0.1) is 11.9 Å². The lowest BCUT2D eigenvalue weighted by Crippen LogP contribution is -2.75. The molecule has 1 spiro atoms. The zero-order valence-electron chi connectivity index (χ0n) is 16.3. The van der Waals surface area contributed by atoms with Gasteiger partial charge in [-0.2, -0.15) is 0 Å². The van der Waals surface area contributed by atoms with E-state index in [1.807, 2.05) is 24.3 Å². The summed E-state index contributed by atoms with van der Waals surface area (Å²) in [6, 6.07) is 9.82. The first-order chi connectivity index (χ1) is 14.4. The Morgan fingerprint density at radius 2 is 1.73 bits per heavy atom. The molecule has 30 heavy (non-hydrogen) atoms. The molecule has 154 valence electrons. The second-order valence-corrected chi connectivity index (χ2v) is 7.13. The highest BCUT2D eigenvalue weighted by atomic mass is 16.5. The number of amides is 5. The third-order valence-corrected chi connectivity index (χ3v) is 5.30. The monoisotopic (exact) mass is 408 g/mol. The molecule has 0 saturated carbocycles. The number of barbiturate groups is 1. The minimum Gasteiger partial charge on any atom is -0.439 e. The van der Waals surface area contributed by atoms with Gasteiger partial charge in [0, 0.05) is 12.5 Å². The zero-order valence-corrected chi connectivity index (χ0v) is 16.3. The fraction of sp³-hybridized carbons (Fsp3) is 0.286. The molecule has 1 aromatic carbocycles. The van der Waals surface area contributed by atoms with Crippen molar-refractivity contribution in [2.24, 2.45) is 0 Å². The van der Waals surface area contributed by atoms with Crippen molar-refractivity contribution in [3.05, 3.63) is 48.2 Å². The molecule has 1 aromatic heterocycles. The molecule has 4 rings (SSSR count). The van der Waals surface area contributed by atoms with Gasteiger partial charge in [0.15, 0.2) is 0 Å². The highest BCUT2D eigenvalue weighted by Crippen LogP contribution is 2.36. The first-order valence-corrected chi connectivity index (χ1v) is 9.67. The van der Waals surface area contributed by atoms with Gasteiger partial charge < -0.3 is 4.74 Å². The number of piperidine rings is 1. The van der Waals surface area contributed by atoms with E-state index in [2.05, 4.69) is 22.5 Å². The Kier molecular flexibility index (Phi) is 4.94. The first kappa shape index (κ1) is 19.6. The van der Waals surface area contributed by atoms with Crippen LogP contribution >= 0.6 is 0 Å². The average Bonchev–Trinajstić information content (AvgIpc) is 2.73. The predicted molar refractivity (Wildman–Crippen MR) is 106 cm³/mol. The van der Waals surface area contributed by atoms with Crippen molar-refractivity contribution in [3.63, 3.8) is 0 Å². The van der Waals surface area contributed by atoms with Gasteiger partial charge in [-0.15, -0.1) is 0 Å². The molecule has 0 aliphatic carbocycles. The van der Waals surface area contributed by atoms with E-state index in [1.165, 1.54) is 11.8 Å². The number of urea groups is 1. The molecule has 0 radical (unpaired) electrons. The fourth-order valence-corrected chi connectivity index (χ4v) is 3.75. The van der Waals surface area contributed by atoms with Crippen LogP contribution in [0, 0.1) is 0 Å². The summed E-state index contributed by atoms with van der Waals surface area (Å²) in [5.74, 6) is -1.12. The molecule has 9 nitrogen and oxygen atoms in total. The summed E-state index contributed by atoms with van der Waals surface area (Å²) in [6.07, 6.45) is 2.93. The number of carbonyl (C=O) groups is 4. The maximum absolute atomic E-state index is 12.7. The summed E-state index contributed by atoms with van der Waals surface area (Å²) < 4.78 is 5.72. The number of hydrogen-bond acceptors (Lipinski definition) is 6. The van der Waals surface area contributed by atoms with E-state index in [4.69, 9.17) is 4.74 Å². The molecule has 2 saturated heterocycles. The Bertz CT molecular complexity index is 997. The van der Waals surface area contributed by atoms with Gasteiger partial charge in [-0.05, 0) is 43.0 Å². The van der Waals surface area contributed by atoms with Gasteiger partial charge in [-0.25, -0.2) is 9.78 Å². The number of rotatable bonds is 4. The van der Waals surface area contributed by atoms with Crippen molar-refractivity contribution in [3.8, 4) is 11.6 Å². The lowest BCUT2D eigenvalue weighted by Gasteiger charge is -2.45. The Morgan fingerprint density at radius 3 is 2.33 bits per heavy atom. The predicted octanol–water partition coefficient (Wildman–Crippen LogP) is 2.06. The van der Waals surface area contributed by atoms with Crippen LogP contribution in [-0.2, 0) is 20.8 Å². The smallest absolute Gasteiger partial charge is 0.328 e. The molecule has 5 amide bonds. The van der Waals surface area contributed by atoms with Crippen LogP contribution in [0.1, 0.15) is 31.7 Å². The minimum absolute atomic E-state index is 0.103. The summed E-state index contributed by atoms with van der Waals surface area (Å²) in [4.78, 5) is 54.8. The summed E-state index contributed by atoms with van der Waals surface area (Å²) >= 11 is 0. The summed E-state index contributed by atoms with van der Waals surface area (Å²) in [7, 11) is 0. The van der Waals surface area contributed by atoms with E-state index in [0.717, 1.165) is 11.3 Å². The Balaban J connectivity index is 1.62. The highest BCUT2D eigenvalue weighted by Gasteiger charge is 2.58.